The van der Waals surface area contributed by atoms with E-state index in [-0.39, 0.29) is 49.3 Å². The van der Waals surface area contributed by atoms with E-state index in [0.29, 0.717) is 5.03 Å². The fraction of sp³-hybridized carbons (Fsp3) is 0.625. The predicted octanol–water partition coefficient (Wildman–Crippen LogP) is 2.52. The van der Waals surface area contributed by atoms with E-state index >= 15 is 0 Å². The SMILES string of the molecule is C=C1[N-]C(=O)C(C(C)(C)C)S1.[Y]. The maximum Gasteiger partial charge on any atom is 0.0688 e. The van der Waals surface area contributed by atoms with Crippen LogP contribution in [-0.2, 0) is 37.5 Å². The van der Waals surface area contributed by atoms with E-state index in [1.54, 1.807) is 0 Å². The van der Waals surface area contributed by atoms with Crippen molar-refractivity contribution in [3.05, 3.63) is 16.9 Å². The van der Waals surface area contributed by atoms with Crippen molar-refractivity contribution in [2.24, 2.45) is 5.41 Å². The van der Waals surface area contributed by atoms with E-state index in [2.05, 4.69) is 11.9 Å². The van der Waals surface area contributed by atoms with Crippen molar-refractivity contribution in [2.45, 2.75) is 26.0 Å². The van der Waals surface area contributed by atoms with E-state index in [1.807, 2.05) is 20.8 Å². The van der Waals surface area contributed by atoms with Crippen molar-refractivity contribution in [2.75, 3.05) is 0 Å². The molecule has 0 aromatic heterocycles. The molecule has 0 aromatic carbocycles. The summed E-state index contributed by atoms with van der Waals surface area (Å²) >= 11 is 1.47. The van der Waals surface area contributed by atoms with Crippen LogP contribution in [0.2, 0.25) is 0 Å². The van der Waals surface area contributed by atoms with Gasteiger partial charge < -0.3 is 10.1 Å². The molecule has 1 atom stereocenters. The van der Waals surface area contributed by atoms with Gasteiger partial charge in [0, 0.05) is 32.7 Å². The van der Waals surface area contributed by atoms with Crippen LogP contribution in [0.25, 0.3) is 5.32 Å². The van der Waals surface area contributed by atoms with Gasteiger partial charge in [-0.2, -0.15) is 0 Å². The first kappa shape index (κ1) is 12.7. The monoisotopic (exact) mass is 259 g/mol. The summed E-state index contributed by atoms with van der Waals surface area (Å²) in [6.07, 6.45) is 0. The Bertz CT molecular complexity index is 210. The third kappa shape index (κ3) is 2.86. The van der Waals surface area contributed by atoms with Crippen LogP contribution < -0.4 is 0 Å². The first-order valence-corrected chi connectivity index (χ1v) is 4.40. The quantitative estimate of drug-likeness (QED) is 0.669. The van der Waals surface area contributed by atoms with E-state index in [0.717, 1.165) is 0 Å². The fourth-order valence-electron chi connectivity index (χ4n) is 0.942. The third-order valence-corrected chi connectivity index (χ3v) is 3.01. The van der Waals surface area contributed by atoms with Gasteiger partial charge >= 0.3 is 0 Å². The van der Waals surface area contributed by atoms with Crippen LogP contribution >= 0.6 is 11.8 Å². The molecule has 0 N–H and O–H groups in total. The van der Waals surface area contributed by atoms with Crippen molar-refractivity contribution in [1.82, 2.24) is 0 Å². The molecule has 65 valence electrons. The molecule has 1 fully saturated rings. The normalized spacial score (nSPS) is 23.4. The van der Waals surface area contributed by atoms with Gasteiger partial charge in [-0.1, -0.05) is 20.8 Å². The van der Waals surface area contributed by atoms with Gasteiger partial charge in [0.25, 0.3) is 0 Å². The zero-order chi connectivity index (χ0) is 8.65. The molecule has 1 heterocycles. The number of carbonyl (C=O) groups is 1. The minimum absolute atomic E-state index is 0. The molecule has 4 heteroatoms. The Morgan fingerprint density at radius 2 is 2.00 bits per heavy atom. The molecule has 2 nitrogen and oxygen atoms in total. The molecule has 1 saturated heterocycles. The van der Waals surface area contributed by atoms with E-state index in [4.69, 9.17) is 0 Å². The van der Waals surface area contributed by atoms with Gasteiger partial charge in [-0.05, 0) is 5.41 Å². The zero-order valence-electron chi connectivity index (χ0n) is 7.63. The second-order valence-electron chi connectivity index (χ2n) is 3.71. The average Bonchev–Trinajstić information content (AvgIpc) is 2.08. The molecule has 1 unspecified atom stereocenters. The van der Waals surface area contributed by atoms with Crippen LogP contribution in [0.15, 0.2) is 11.6 Å². The summed E-state index contributed by atoms with van der Waals surface area (Å²) in [7, 11) is 0. The van der Waals surface area contributed by atoms with Crippen molar-refractivity contribution in [1.29, 1.82) is 0 Å². The van der Waals surface area contributed by atoms with E-state index in [1.165, 1.54) is 11.8 Å². The molecule has 0 saturated carbocycles. The Hall–Kier alpha value is 0.664. The van der Waals surface area contributed by atoms with Gasteiger partial charge in [0.15, 0.2) is 0 Å². The average molecular weight is 259 g/mol. The topological polar surface area (TPSA) is 31.2 Å². The van der Waals surface area contributed by atoms with Crippen LogP contribution in [0.4, 0.5) is 0 Å². The number of rotatable bonds is 0. The van der Waals surface area contributed by atoms with E-state index < -0.39 is 0 Å². The molecule has 12 heavy (non-hydrogen) atoms. The molecular formula is C8H12NOSY-. The molecule has 0 aliphatic carbocycles. The van der Waals surface area contributed by atoms with E-state index in [9.17, 15) is 4.79 Å². The Labute approximate surface area is 103 Å². The summed E-state index contributed by atoms with van der Waals surface area (Å²) in [5.74, 6) is -0.0347. The minimum atomic E-state index is -0.0347. The number of hydrogen-bond acceptors (Lipinski definition) is 2. The molecule has 1 rings (SSSR count). The largest absolute Gasteiger partial charge is 0.621 e. The summed E-state index contributed by atoms with van der Waals surface area (Å²) < 4.78 is 0. The maximum atomic E-state index is 11.2. The van der Waals surface area contributed by atoms with Gasteiger partial charge in [0.05, 0.1) is 11.2 Å². The van der Waals surface area contributed by atoms with Gasteiger partial charge in [0.2, 0.25) is 0 Å². The van der Waals surface area contributed by atoms with Gasteiger partial charge in [-0.15, -0.1) is 23.4 Å². The number of carbonyl (C=O) groups excluding carboxylic acids is 1. The van der Waals surface area contributed by atoms with Crippen molar-refractivity contribution in [3.63, 3.8) is 0 Å². The molecule has 0 aromatic rings. The van der Waals surface area contributed by atoms with Crippen LogP contribution in [-0.4, -0.2) is 11.2 Å². The Morgan fingerprint density at radius 1 is 1.50 bits per heavy atom. The number of hydrogen-bond donors (Lipinski definition) is 0. The first-order valence-electron chi connectivity index (χ1n) is 3.52. The number of thioether (sulfide) groups is 1. The number of nitrogens with zero attached hydrogens (tertiary/aromatic N) is 1. The Morgan fingerprint density at radius 3 is 2.17 bits per heavy atom. The summed E-state index contributed by atoms with van der Waals surface area (Å²) in [6, 6.07) is 0. The maximum absolute atomic E-state index is 11.2. The van der Waals surface area contributed by atoms with Crippen LogP contribution in [0.1, 0.15) is 20.8 Å². The minimum Gasteiger partial charge on any atom is -0.621 e. The second kappa shape index (κ2) is 4.25. The number of amides is 1. The van der Waals surface area contributed by atoms with Gasteiger partial charge in [-0.3, -0.25) is 0 Å². The van der Waals surface area contributed by atoms with Crippen LogP contribution in [0.3, 0.4) is 0 Å². The molecular weight excluding hydrogens is 247 g/mol. The Balaban J connectivity index is 0.00000121. The molecule has 1 radical (unpaired) electrons. The third-order valence-electron chi connectivity index (χ3n) is 1.50. The zero-order valence-corrected chi connectivity index (χ0v) is 11.3. The smallest absolute Gasteiger partial charge is 0.0688 e. The summed E-state index contributed by atoms with van der Waals surface area (Å²) in [5, 5.41) is 4.38. The summed E-state index contributed by atoms with van der Waals surface area (Å²) in [6.45, 7) is 9.76. The standard InChI is InChI=1S/C8H13NOS.Y/c1-5-9-7(10)6(11-5)8(2,3)4;/h6H,1H2,2-4H3,(H,9,10);/p-1. The molecule has 0 bridgehead atoms. The molecule has 1 amide bonds. The predicted molar refractivity (Wildman–Crippen MR) is 48.3 cm³/mol. The summed E-state index contributed by atoms with van der Waals surface area (Å²) in [5.41, 5.74) is -0.00924. The van der Waals surface area contributed by atoms with Crippen LogP contribution in [0.5, 0.6) is 0 Å². The fourth-order valence-corrected chi connectivity index (χ4v) is 1.86. The molecule has 0 spiro atoms. The van der Waals surface area contributed by atoms with Crippen molar-refractivity contribution in [3.8, 4) is 0 Å². The van der Waals surface area contributed by atoms with Crippen LogP contribution in [0, 0.1) is 5.41 Å². The Kier molecular flexibility index (Phi) is 4.49. The van der Waals surface area contributed by atoms with Gasteiger partial charge in [-0.25, -0.2) is 0 Å². The van der Waals surface area contributed by atoms with Gasteiger partial charge in [0.1, 0.15) is 0 Å². The molecule has 1 aliphatic heterocycles. The van der Waals surface area contributed by atoms with Crippen molar-refractivity contribution >= 4 is 17.7 Å². The summed E-state index contributed by atoms with van der Waals surface area (Å²) in [4.78, 5) is 11.2. The first-order chi connectivity index (χ1) is 4.91. The van der Waals surface area contributed by atoms with Crippen molar-refractivity contribution < 1.29 is 37.5 Å². The molecule has 1 aliphatic rings. The second-order valence-corrected chi connectivity index (χ2v) is 4.89.